The van der Waals surface area contributed by atoms with Crippen LogP contribution >= 0.6 is 11.8 Å². The Bertz CT molecular complexity index is 476. The smallest absolute Gasteiger partial charge is 0.272 e. The maximum absolute atomic E-state index is 12.2. The van der Waals surface area contributed by atoms with Crippen LogP contribution in [0.3, 0.4) is 0 Å². The number of anilines is 1. The molecule has 1 heterocycles. The molecule has 2 rings (SSSR count). The Hall–Kier alpha value is -1.43. The van der Waals surface area contributed by atoms with Crippen LogP contribution in [0, 0.1) is 0 Å². The monoisotopic (exact) mass is 256 g/mol. The van der Waals surface area contributed by atoms with Crippen molar-refractivity contribution in [1.82, 2.24) is 0 Å². The average molecular weight is 256 g/mol. The summed E-state index contributed by atoms with van der Waals surface area (Å²) >= 11 is 0.454. The molecule has 0 aromatic heterocycles. The lowest BCUT2D eigenvalue weighted by molar-refractivity contribution is -0.116. The van der Waals surface area contributed by atoms with Crippen LogP contribution < -0.4 is 5.01 Å². The molecule has 0 unspecified atom stereocenters. The highest BCUT2D eigenvalue weighted by Crippen LogP contribution is 2.29. The third-order valence-electron chi connectivity index (χ3n) is 2.20. The van der Waals surface area contributed by atoms with Gasteiger partial charge in [-0.25, -0.2) is 5.01 Å². The van der Waals surface area contributed by atoms with Crippen LogP contribution in [-0.4, -0.2) is 17.4 Å². The molecule has 6 heteroatoms. The predicted octanol–water partition coefficient (Wildman–Crippen LogP) is 3.11. The van der Waals surface area contributed by atoms with Crippen LogP contribution in [0.25, 0.3) is 0 Å². The molecule has 1 aliphatic heterocycles. The number of thioether (sulfide) groups is 1. The van der Waals surface area contributed by atoms with Crippen molar-refractivity contribution in [1.29, 1.82) is 0 Å². The zero-order valence-electron chi connectivity index (χ0n) is 9.06. The van der Waals surface area contributed by atoms with Crippen molar-refractivity contribution < 1.29 is 13.6 Å². The summed E-state index contributed by atoms with van der Waals surface area (Å²) < 4.78 is 24.4. The molecule has 0 radical (unpaired) electrons. The second kappa shape index (κ2) is 4.83. The first-order chi connectivity index (χ1) is 8.06. The van der Waals surface area contributed by atoms with Gasteiger partial charge in [0, 0.05) is 10.6 Å². The fourth-order valence-electron chi connectivity index (χ4n) is 1.55. The van der Waals surface area contributed by atoms with Crippen molar-refractivity contribution in [2.45, 2.75) is 24.0 Å². The van der Waals surface area contributed by atoms with Crippen molar-refractivity contribution in [3.63, 3.8) is 0 Å². The van der Waals surface area contributed by atoms with E-state index in [2.05, 4.69) is 5.10 Å². The Kier molecular flexibility index (Phi) is 3.42. The van der Waals surface area contributed by atoms with Crippen LogP contribution in [0.5, 0.6) is 0 Å². The van der Waals surface area contributed by atoms with E-state index >= 15 is 0 Å². The van der Waals surface area contributed by atoms with E-state index in [1.807, 2.05) is 0 Å². The normalized spacial score (nSPS) is 15.6. The van der Waals surface area contributed by atoms with Gasteiger partial charge in [0.15, 0.2) is 0 Å². The highest BCUT2D eigenvalue weighted by Gasteiger charge is 2.22. The Balaban J connectivity index is 2.24. The van der Waals surface area contributed by atoms with E-state index in [4.69, 9.17) is 0 Å². The lowest BCUT2D eigenvalue weighted by atomic mass is 10.3. The lowest BCUT2D eigenvalue weighted by Gasteiger charge is -2.12. The number of nitrogens with zero attached hydrogens (tertiary/aromatic N) is 2. The van der Waals surface area contributed by atoms with Gasteiger partial charge in [0.05, 0.1) is 12.1 Å². The van der Waals surface area contributed by atoms with E-state index in [1.54, 1.807) is 25.1 Å². The summed E-state index contributed by atoms with van der Waals surface area (Å²) in [5.41, 5.74) is 1.25. The number of benzene rings is 1. The molecule has 90 valence electrons. The molecule has 1 aliphatic rings. The predicted molar refractivity (Wildman–Crippen MR) is 63.5 cm³/mol. The van der Waals surface area contributed by atoms with E-state index in [9.17, 15) is 13.6 Å². The molecule has 1 amide bonds. The molecule has 3 nitrogen and oxygen atoms in total. The van der Waals surface area contributed by atoms with Crippen LogP contribution in [0.1, 0.15) is 13.3 Å². The molecule has 0 aliphatic carbocycles. The third-order valence-corrected chi connectivity index (χ3v) is 2.91. The third kappa shape index (κ3) is 2.82. The summed E-state index contributed by atoms with van der Waals surface area (Å²) in [4.78, 5) is 12.0. The molecule has 0 spiro atoms. The van der Waals surface area contributed by atoms with Gasteiger partial charge < -0.3 is 0 Å². The minimum absolute atomic E-state index is 0.137. The zero-order valence-corrected chi connectivity index (χ0v) is 9.88. The fourth-order valence-corrected chi connectivity index (χ4v) is 2.10. The maximum Gasteiger partial charge on any atom is 0.288 e. The molecule has 17 heavy (non-hydrogen) atoms. The molecular formula is C11H10F2N2OS. The highest BCUT2D eigenvalue weighted by molar-refractivity contribution is 7.99. The van der Waals surface area contributed by atoms with Gasteiger partial charge in [0.2, 0.25) is 0 Å². The Morgan fingerprint density at radius 1 is 1.47 bits per heavy atom. The second-order valence-electron chi connectivity index (χ2n) is 3.59. The maximum atomic E-state index is 12.2. The zero-order chi connectivity index (χ0) is 12.4. The topological polar surface area (TPSA) is 32.7 Å². The summed E-state index contributed by atoms with van der Waals surface area (Å²) in [6.45, 7) is 1.76. The first kappa shape index (κ1) is 12.0. The minimum Gasteiger partial charge on any atom is -0.272 e. The van der Waals surface area contributed by atoms with Crippen molar-refractivity contribution in [3.8, 4) is 0 Å². The standard InChI is InChI=1S/C11H10F2N2OS/c1-7-5-10(16)15(14-7)8-3-2-4-9(6-8)17-11(12)13/h2-4,6,11H,5H2,1H3. The number of carbonyl (C=O) groups excluding carboxylic acids is 1. The molecule has 1 aromatic rings. The van der Waals surface area contributed by atoms with Gasteiger partial charge in [-0.15, -0.1) is 0 Å². The van der Waals surface area contributed by atoms with Crippen LogP contribution in [0.15, 0.2) is 34.3 Å². The SMILES string of the molecule is CC1=NN(c2cccc(SC(F)F)c2)C(=O)C1. The summed E-state index contributed by atoms with van der Waals surface area (Å²) in [6.07, 6.45) is 0.284. The van der Waals surface area contributed by atoms with E-state index in [0.717, 1.165) is 5.71 Å². The molecule has 0 N–H and O–H groups in total. The van der Waals surface area contributed by atoms with Crippen molar-refractivity contribution in [3.05, 3.63) is 24.3 Å². The lowest BCUT2D eigenvalue weighted by Crippen LogP contribution is -2.19. The van der Waals surface area contributed by atoms with Gasteiger partial charge >= 0.3 is 0 Å². The van der Waals surface area contributed by atoms with Gasteiger partial charge in [-0.3, -0.25) is 4.79 Å². The number of alkyl halides is 2. The number of amides is 1. The van der Waals surface area contributed by atoms with Gasteiger partial charge in [0.25, 0.3) is 11.7 Å². The number of hydrazone groups is 1. The largest absolute Gasteiger partial charge is 0.288 e. The summed E-state index contributed by atoms with van der Waals surface area (Å²) in [7, 11) is 0. The molecule has 0 atom stereocenters. The summed E-state index contributed by atoms with van der Waals surface area (Å²) in [5.74, 6) is -2.61. The minimum atomic E-state index is -2.47. The van der Waals surface area contributed by atoms with E-state index < -0.39 is 5.76 Å². The summed E-state index contributed by atoms with van der Waals surface area (Å²) in [5, 5.41) is 5.32. The van der Waals surface area contributed by atoms with Crippen molar-refractivity contribution in [2.24, 2.45) is 5.10 Å². The number of hydrogen-bond donors (Lipinski definition) is 0. The van der Waals surface area contributed by atoms with Gasteiger partial charge in [0.1, 0.15) is 0 Å². The van der Waals surface area contributed by atoms with Crippen LogP contribution in [0.4, 0.5) is 14.5 Å². The first-order valence-electron chi connectivity index (χ1n) is 4.98. The van der Waals surface area contributed by atoms with Gasteiger partial charge in [-0.1, -0.05) is 17.8 Å². The van der Waals surface area contributed by atoms with Crippen LogP contribution in [-0.2, 0) is 4.79 Å². The molecule has 0 saturated carbocycles. The second-order valence-corrected chi connectivity index (χ2v) is 4.66. The van der Waals surface area contributed by atoms with E-state index in [-0.39, 0.29) is 12.3 Å². The van der Waals surface area contributed by atoms with Gasteiger partial charge in [-0.05, 0) is 25.1 Å². The number of halogens is 2. The summed E-state index contributed by atoms with van der Waals surface area (Å²) in [6, 6.07) is 6.43. The fraction of sp³-hybridized carbons (Fsp3) is 0.273. The van der Waals surface area contributed by atoms with Crippen LogP contribution in [0.2, 0.25) is 0 Å². The number of carbonyl (C=O) groups is 1. The average Bonchev–Trinajstić information content (AvgIpc) is 2.57. The van der Waals surface area contributed by atoms with E-state index in [1.165, 1.54) is 11.1 Å². The molecule has 0 saturated heterocycles. The molecular weight excluding hydrogens is 246 g/mol. The van der Waals surface area contributed by atoms with E-state index in [0.29, 0.717) is 22.3 Å². The van der Waals surface area contributed by atoms with Gasteiger partial charge in [-0.2, -0.15) is 13.9 Å². The molecule has 0 bridgehead atoms. The molecule has 1 aromatic carbocycles. The highest BCUT2D eigenvalue weighted by atomic mass is 32.2. The quantitative estimate of drug-likeness (QED) is 0.778. The van der Waals surface area contributed by atoms with Crippen molar-refractivity contribution >= 4 is 29.1 Å². The number of hydrogen-bond acceptors (Lipinski definition) is 3. The Labute approximate surface area is 101 Å². The number of rotatable bonds is 3. The first-order valence-corrected chi connectivity index (χ1v) is 5.86. The van der Waals surface area contributed by atoms with Crippen molar-refractivity contribution in [2.75, 3.05) is 5.01 Å². The Morgan fingerprint density at radius 3 is 2.82 bits per heavy atom. The molecule has 0 fully saturated rings. The Morgan fingerprint density at radius 2 is 2.24 bits per heavy atom.